The minimum Gasteiger partial charge on any atom is -0.365 e. The van der Waals surface area contributed by atoms with E-state index in [4.69, 9.17) is 16.3 Å². The van der Waals surface area contributed by atoms with E-state index in [9.17, 15) is 4.79 Å². The molecule has 2 heterocycles. The van der Waals surface area contributed by atoms with Crippen LogP contribution in [-0.2, 0) is 9.53 Å². The average molecular weight is 260 g/mol. The maximum atomic E-state index is 12.4. The van der Waals surface area contributed by atoms with Crippen LogP contribution in [0.15, 0.2) is 0 Å². The van der Waals surface area contributed by atoms with E-state index in [1.807, 2.05) is 11.8 Å². The number of alkyl halides is 1. The standard InChI is InChI=1S/C13H22ClNO2/c1-13(6-3-9-17-13)12(16)15-8-2-4-11(10-15)5-7-14/h11H,2-10H2,1H3. The van der Waals surface area contributed by atoms with Crippen LogP contribution in [0.1, 0.15) is 39.0 Å². The number of hydrogen-bond acceptors (Lipinski definition) is 2. The molecule has 0 aliphatic carbocycles. The fourth-order valence-electron chi connectivity index (χ4n) is 2.92. The lowest BCUT2D eigenvalue weighted by Gasteiger charge is -2.37. The molecule has 2 rings (SSSR count). The van der Waals surface area contributed by atoms with Crippen molar-refractivity contribution in [2.45, 2.75) is 44.6 Å². The van der Waals surface area contributed by atoms with Gasteiger partial charge < -0.3 is 9.64 Å². The SMILES string of the molecule is CC1(C(=O)N2CCCC(CCCl)C2)CCCO1. The summed E-state index contributed by atoms with van der Waals surface area (Å²) in [4.78, 5) is 14.4. The fraction of sp³-hybridized carbons (Fsp3) is 0.923. The van der Waals surface area contributed by atoms with E-state index >= 15 is 0 Å². The second kappa shape index (κ2) is 5.57. The lowest BCUT2D eigenvalue weighted by atomic mass is 9.93. The van der Waals surface area contributed by atoms with E-state index in [0.29, 0.717) is 11.8 Å². The summed E-state index contributed by atoms with van der Waals surface area (Å²) >= 11 is 5.79. The van der Waals surface area contributed by atoms with Crippen LogP contribution in [0.3, 0.4) is 0 Å². The molecular weight excluding hydrogens is 238 g/mol. The zero-order chi connectivity index (χ0) is 12.3. The Morgan fingerprint density at radius 3 is 3.00 bits per heavy atom. The number of carbonyl (C=O) groups is 1. The zero-order valence-corrected chi connectivity index (χ0v) is 11.3. The summed E-state index contributed by atoms with van der Waals surface area (Å²) < 4.78 is 5.63. The first kappa shape index (κ1) is 13.2. The van der Waals surface area contributed by atoms with Crippen molar-refractivity contribution in [3.63, 3.8) is 0 Å². The molecule has 0 aromatic rings. The Bertz CT molecular complexity index is 275. The van der Waals surface area contributed by atoms with Crippen LogP contribution in [0.4, 0.5) is 0 Å². The molecule has 17 heavy (non-hydrogen) atoms. The second-order valence-electron chi connectivity index (χ2n) is 5.42. The summed E-state index contributed by atoms with van der Waals surface area (Å²) in [7, 11) is 0. The Kier molecular flexibility index (Phi) is 4.31. The van der Waals surface area contributed by atoms with E-state index < -0.39 is 5.60 Å². The number of halogens is 1. The highest BCUT2D eigenvalue weighted by Gasteiger charge is 2.41. The third-order valence-corrected chi connectivity index (χ3v) is 4.21. The summed E-state index contributed by atoms with van der Waals surface area (Å²) in [5.74, 6) is 1.46. The molecule has 1 amide bonds. The summed E-state index contributed by atoms with van der Waals surface area (Å²) in [6.07, 6.45) is 5.18. The predicted molar refractivity (Wildman–Crippen MR) is 68.2 cm³/mol. The average Bonchev–Trinajstić information content (AvgIpc) is 2.77. The summed E-state index contributed by atoms with van der Waals surface area (Å²) in [6.45, 7) is 4.41. The number of carbonyl (C=O) groups excluding carboxylic acids is 1. The largest absolute Gasteiger partial charge is 0.365 e. The Morgan fingerprint density at radius 1 is 1.53 bits per heavy atom. The molecule has 2 aliphatic rings. The molecule has 0 aromatic carbocycles. The van der Waals surface area contributed by atoms with Gasteiger partial charge in [-0.1, -0.05) is 0 Å². The quantitative estimate of drug-likeness (QED) is 0.729. The minimum atomic E-state index is -0.553. The Morgan fingerprint density at radius 2 is 2.35 bits per heavy atom. The Balaban J connectivity index is 1.94. The number of ether oxygens (including phenoxy) is 1. The second-order valence-corrected chi connectivity index (χ2v) is 5.80. The molecular formula is C13H22ClNO2. The molecule has 0 radical (unpaired) electrons. The first-order valence-corrected chi connectivity index (χ1v) is 7.18. The van der Waals surface area contributed by atoms with Gasteiger partial charge in [-0.05, 0) is 44.9 Å². The van der Waals surface area contributed by atoms with Gasteiger partial charge in [0.25, 0.3) is 5.91 Å². The number of hydrogen-bond donors (Lipinski definition) is 0. The van der Waals surface area contributed by atoms with Gasteiger partial charge in [0.05, 0.1) is 0 Å². The molecule has 3 nitrogen and oxygen atoms in total. The first-order chi connectivity index (χ1) is 8.15. The van der Waals surface area contributed by atoms with Crippen molar-refractivity contribution in [3.8, 4) is 0 Å². The molecule has 0 bridgehead atoms. The highest BCUT2D eigenvalue weighted by atomic mass is 35.5. The predicted octanol–water partition coefficient (Wildman–Crippen LogP) is 2.42. The van der Waals surface area contributed by atoms with Crippen LogP contribution in [0.2, 0.25) is 0 Å². The summed E-state index contributed by atoms with van der Waals surface area (Å²) in [5, 5.41) is 0. The number of nitrogens with zero attached hydrogens (tertiary/aromatic N) is 1. The van der Waals surface area contributed by atoms with Gasteiger partial charge in [-0.3, -0.25) is 4.79 Å². The van der Waals surface area contributed by atoms with Gasteiger partial charge in [0, 0.05) is 25.6 Å². The smallest absolute Gasteiger partial charge is 0.254 e. The lowest BCUT2D eigenvalue weighted by molar-refractivity contribution is -0.152. The van der Waals surface area contributed by atoms with Crippen LogP contribution in [0, 0.1) is 5.92 Å². The molecule has 2 fully saturated rings. The molecule has 0 spiro atoms. The van der Waals surface area contributed by atoms with E-state index in [-0.39, 0.29) is 5.91 Å². The van der Waals surface area contributed by atoms with Crippen molar-refractivity contribution in [1.82, 2.24) is 4.90 Å². The lowest BCUT2D eigenvalue weighted by Crippen LogP contribution is -2.50. The van der Waals surface area contributed by atoms with E-state index in [2.05, 4.69) is 0 Å². The van der Waals surface area contributed by atoms with Gasteiger partial charge in [0.1, 0.15) is 5.60 Å². The Labute approximate surface area is 108 Å². The van der Waals surface area contributed by atoms with Crippen LogP contribution < -0.4 is 0 Å². The van der Waals surface area contributed by atoms with Gasteiger partial charge in [0.15, 0.2) is 0 Å². The third-order valence-electron chi connectivity index (χ3n) is 3.99. The maximum absolute atomic E-state index is 12.4. The first-order valence-electron chi connectivity index (χ1n) is 6.65. The van der Waals surface area contributed by atoms with E-state index in [1.54, 1.807) is 0 Å². The molecule has 0 aromatic heterocycles. The summed E-state index contributed by atoms with van der Waals surface area (Å²) in [6, 6.07) is 0. The molecule has 2 aliphatic heterocycles. The van der Waals surface area contributed by atoms with Crippen LogP contribution in [0.25, 0.3) is 0 Å². The molecule has 4 heteroatoms. The molecule has 2 atom stereocenters. The molecule has 0 saturated carbocycles. The number of amides is 1. The van der Waals surface area contributed by atoms with Gasteiger partial charge in [0.2, 0.25) is 0 Å². The number of likely N-dealkylation sites (tertiary alicyclic amines) is 1. The van der Waals surface area contributed by atoms with Gasteiger partial charge in [-0.25, -0.2) is 0 Å². The molecule has 2 unspecified atom stereocenters. The fourth-order valence-corrected chi connectivity index (χ4v) is 3.23. The van der Waals surface area contributed by atoms with Crippen molar-refractivity contribution in [3.05, 3.63) is 0 Å². The van der Waals surface area contributed by atoms with Crippen LogP contribution in [-0.4, -0.2) is 42.0 Å². The van der Waals surface area contributed by atoms with Crippen molar-refractivity contribution < 1.29 is 9.53 Å². The Hall–Kier alpha value is -0.280. The molecule has 98 valence electrons. The van der Waals surface area contributed by atoms with Crippen molar-refractivity contribution in [2.24, 2.45) is 5.92 Å². The topological polar surface area (TPSA) is 29.5 Å². The maximum Gasteiger partial charge on any atom is 0.254 e. The van der Waals surface area contributed by atoms with Crippen molar-refractivity contribution >= 4 is 17.5 Å². The minimum absolute atomic E-state index is 0.189. The van der Waals surface area contributed by atoms with Crippen molar-refractivity contribution in [2.75, 3.05) is 25.6 Å². The zero-order valence-electron chi connectivity index (χ0n) is 10.6. The highest BCUT2D eigenvalue weighted by molar-refractivity contribution is 6.17. The summed E-state index contributed by atoms with van der Waals surface area (Å²) in [5.41, 5.74) is -0.553. The van der Waals surface area contributed by atoms with Crippen molar-refractivity contribution in [1.29, 1.82) is 0 Å². The van der Waals surface area contributed by atoms with E-state index in [1.165, 1.54) is 6.42 Å². The highest BCUT2D eigenvalue weighted by Crippen LogP contribution is 2.30. The van der Waals surface area contributed by atoms with Gasteiger partial charge in [-0.2, -0.15) is 0 Å². The van der Waals surface area contributed by atoms with Gasteiger partial charge in [-0.15, -0.1) is 11.6 Å². The third kappa shape index (κ3) is 2.94. The van der Waals surface area contributed by atoms with E-state index in [0.717, 1.165) is 45.4 Å². The van der Waals surface area contributed by atoms with Crippen LogP contribution in [0.5, 0.6) is 0 Å². The van der Waals surface area contributed by atoms with Crippen LogP contribution >= 0.6 is 11.6 Å². The normalized spacial score (nSPS) is 34.0. The van der Waals surface area contributed by atoms with Gasteiger partial charge >= 0.3 is 0 Å². The molecule has 0 N–H and O–H groups in total. The molecule has 2 saturated heterocycles. The number of piperidine rings is 1. The number of rotatable bonds is 3. The monoisotopic (exact) mass is 259 g/mol.